The minimum Gasteiger partial charge on any atom is -0.384 e. The Hall–Kier alpha value is -3.10. The number of rotatable bonds is 11. The molecule has 1 amide bonds. The first kappa shape index (κ1) is 33.4. The molecule has 48 heavy (non-hydrogen) atoms. The lowest BCUT2D eigenvalue weighted by molar-refractivity contribution is 0.0694. The third kappa shape index (κ3) is 6.72. The van der Waals surface area contributed by atoms with Gasteiger partial charge in [0.25, 0.3) is 5.91 Å². The number of likely N-dealkylation sites (tertiary alicyclic amines) is 1. The Bertz CT molecular complexity index is 1680. The molecular formula is C35H49N7O5S. The van der Waals surface area contributed by atoms with Gasteiger partial charge >= 0.3 is 10.2 Å². The third-order valence-corrected chi connectivity index (χ3v) is 12.5. The number of methoxy groups -OCH3 is 2. The van der Waals surface area contributed by atoms with Crippen molar-refractivity contribution in [2.24, 2.45) is 5.92 Å². The van der Waals surface area contributed by atoms with Crippen LogP contribution >= 0.6 is 0 Å². The summed E-state index contributed by atoms with van der Waals surface area (Å²) >= 11 is 0. The van der Waals surface area contributed by atoms with Gasteiger partial charge in [0.1, 0.15) is 5.69 Å². The van der Waals surface area contributed by atoms with Gasteiger partial charge in [-0.15, -0.1) is 0 Å². The zero-order valence-electron chi connectivity index (χ0n) is 28.2. The number of carbonyl (C=O) groups is 1. The van der Waals surface area contributed by atoms with Gasteiger partial charge in [0.15, 0.2) is 5.65 Å². The molecule has 1 atom stereocenters. The van der Waals surface area contributed by atoms with E-state index in [2.05, 4.69) is 14.5 Å². The van der Waals surface area contributed by atoms with Crippen LogP contribution in [0.5, 0.6) is 0 Å². The third-order valence-electron chi connectivity index (χ3n) is 11.0. The Balaban J connectivity index is 1.18. The standard InChI is InChI=1S/C35H49N7O5S/c1-46-23-25-13-18-39(19-14-25)31-22-30(36-34-32(31)33(26-8-6-9-26)37-42(34)28-10-4-3-5-11-28)35(43)38-48(44,45)40-20-15-27(16-21-40)41-17-7-12-29(41)24-47-2/h3-5,10-11,22,25-27,29H,6-9,12-21,23-24H2,1-2H3,(H,38,43)/t29-/m1/s1. The van der Waals surface area contributed by atoms with E-state index < -0.39 is 16.1 Å². The van der Waals surface area contributed by atoms with Crippen LogP contribution in [0.15, 0.2) is 36.4 Å². The highest BCUT2D eigenvalue weighted by molar-refractivity contribution is 7.87. The second kappa shape index (κ2) is 14.4. The Kier molecular flexibility index (Phi) is 10.0. The number of aromatic nitrogens is 3. The van der Waals surface area contributed by atoms with Gasteiger partial charge in [-0.25, -0.2) is 14.4 Å². The van der Waals surface area contributed by atoms with E-state index in [4.69, 9.17) is 19.6 Å². The van der Waals surface area contributed by atoms with Gasteiger partial charge in [-0.1, -0.05) is 24.6 Å². The molecule has 0 radical (unpaired) electrons. The zero-order chi connectivity index (χ0) is 33.3. The molecule has 3 saturated heterocycles. The molecule has 1 aromatic carbocycles. The van der Waals surface area contributed by atoms with Crippen LogP contribution in [-0.4, -0.2) is 111 Å². The Labute approximate surface area is 283 Å². The van der Waals surface area contributed by atoms with Crippen molar-refractivity contribution in [2.75, 3.05) is 65.1 Å². The second-order valence-corrected chi connectivity index (χ2v) is 15.6. The summed E-state index contributed by atoms with van der Waals surface area (Å²) in [5, 5.41) is 6.09. The maximum Gasteiger partial charge on any atom is 0.304 e. The molecule has 13 heteroatoms. The summed E-state index contributed by atoms with van der Waals surface area (Å²) in [6.07, 6.45) is 8.94. The Morgan fingerprint density at radius 1 is 0.896 bits per heavy atom. The molecule has 5 heterocycles. The van der Waals surface area contributed by atoms with E-state index in [1.54, 1.807) is 20.3 Å². The van der Waals surface area contributed by atoms with Crippen LogP contribution in [0.2, 0.25) is 0 Å². The van der Waals surface area contributed by atoms with Crippen LogP contribution in [0.4, 0.5) is 5.69 Å². The largest absolute Gasteiger partial charge is 0.384 e. The average molecular weight is 680 g/mol. The molecule has 3 aromatic rings. The van der Waals surface area contributed by atoms with Gasteiger partial charge in [-0.2, -0.15) is 17.8 Å². The van der Waals surface area contributed by atoms with E-state index in [-0.39, 0.29) is 5.69 Å². The number of para-hydroxylation sites is 1. The average Bonchev–Trinajstić information content (AvgIpc) is 3.70. The number of fused-ring (bicyclic) bond motifs is 1. The van der Waals surface area contributed by atoms with Crippen molar-refractivity contribution >= 4 is 32.8 Å². The molecule has 260 valence electrons. The van der Waals surface area contributed by atoms with Crippen molar-refractivity contribution < 1.29 is 22.7 Å². The van der Waals surface area contributed by atoms with Crippen molar-refractivity contribution in [1.82, 2.24) is 28.7 Å². The van der Waals surface area contributed by atoms with Gasteiger partial charge in [0.05, 0.1) is 29.1 Å². The molecule has 0 unspecified atom stereocenters. The summed E-state index contributed by atoms with van der Waals surface area (Å²) in [7, 11) is -0.592. The smallest absolute Gasteiger partial charge is 0.304 e. The number of ether oxygens (including phenoxy) is 2. The first-order chi connectivity index (χ1) is 23.4. The second-order valence-electron chi connectivity index (χ2n) is 13.9. The molecule has 4 aliphatic rings. The van der Waals surface area contributed by atoms with E-state index in [9.17, 15) is 13.2 Å². The van der Waals surface area contributed by atoms with Gasteiger partial charge in [-0.3, -0.25) is 9.69 Å². The first-order valence-corrected chi connectivity index (χ1v) is 19.1. The van der Waals surface area contributed by atoms with Crippen molar-refractivity contribution in [3.8, 4) is 5.69 Å². The van der Waals surface area contributed by atoms with Crippen molar-refractivity contribution in [1.29, 1.82) is 0 Å². The molecule has 2 aromatic heterocycles. The van der Waals surface area contributed by atoms with Crippen LogP contribution in [0, 0.1) is 5.92 Å². The van der Waals surface area contributed by atoms with Crippen molar-refractivity contribution in [3.05, 3.63) is 47.8 Å². The number of pyridine rings is 1. The summed E-state index contributed by atoms with van der Waals surface area (Å²) in [4.78, 5) is 23.6. The number of piperidine rings is 2. The van der Waals surface area contributed by atoms with Gasteiger partial charge in [0.2, 0.25) is 0 Å². The number of benzene rings is 1. The molecular weight excluding hydrogens is 630 g/mol. The molecule has 1 saturated carbocycles. The van der Waals surface area contributed by atoms with E-state index in [1.807, 2.05) is 35.0 Å². The fourth-order valence-corrected chi connectivity index (χ4v) is 9.30. The fraction of sp³-hybridized carbons (Fsp3) is 0.629. The molecule has 0 bridgehead atoms. The molecule has 1 aliphatic carbocycles. The lowest BCUT2D eigenvalue weighted by Gasteiger charge is -2.38. The number of nitrogens with zero attached hydrogens (tertiary/aromatic N) is 6. The van der Waals surface area contributed by atoms with Gasteiger partial charge in [0, 0.05) is 65.0 Å². The molecule has 1 N–H and O–H groups in total. The Morgan fingerprint density at radius 3 is 2.29 bits per heavy atom. The number of nitrogens with one attached hydrogen (secondary N) is 1. The maximum atomic E-state index is 13.9. The van der Waals surface area contributed by atoms with Gasteiger partial charge < -0.3 is 14.4 Å². The van der Waals surface area contributed by atoms with E-state index in [1.165, 1.54) is 4.31 Å². The molecule has 12 nitrogen and oxygen atoms in total. The summed E-state index contributed by atoms with van der Waals surface area (Å²) in [5.74, 6) is 0.0905. The molecule has 3 aliphatic heterocycles. The number of hydrogen-bond acceptors (Lipinski definition) is 9. The number of anilines is 1. The van der Waals surface area contributed by atoms with Crippen LogP contribution in [-0.2, 0) is 19.7 Å². The van der Waals surface area contributed by atoms with E-state index in [0.29, 0.717) is 49.3 Å². The van der Waals surface area contributed by atoms with Crippen molar-refractivity contribution in [2.45, 2.75) is 75.8 Å². The van der Waals surface area contributed by atoms with E-state index in [0.717, 1.165) is 106 Å². The molecule has 0 spiro atoms. The van der Waals surface area contributed by atoms with Crippen molar-refractivity contribution in [3.63, 3.8) is 0 Å². The predicted octanol–water partition coefficient (Wildman–Crippen LogP) is 4.10. The highest BCUT2D eigenvalue weighted by Crippen LogP contribution is 2.43. The van der Waals surface area contributed by atoms with E-state index >= 15 is 0 Å². The quantitative estimate of drug-likeness (QED) is 0.319. The summed E-state index contributed by atoms with van der Waals surface area (Å²) in [5.41, 5.74) is 3.42. The summed E-state index contributed by atoms with van der Waals surface area (Å²) in [6.45, 7) is 4.80. The summed E-state index contributed by atoms with van der Waals surface area (Å²) in [6, 6.07) is 12.3. The minimum absolute atomic E-state index is 0.0756. The predicted molar refractivity (Wildman–Crippen MR) is 185 cm³/mol. The topological polar surface area (TPSA) is 122 Å². The lowest BCUT2D eigenvalue weighted by atomic mass is 9.82. The van der Waals surface area contributed by atoms with Crippen LogP contribution in [0.3, 0.4) is 0 Å². The van der Waals surface area contributed by atoms with Gasteiger partial charge in [-0.05, 0) is 82.0 Å². The maximum absolute atomic E-state index is 13.9. The number of hydrogen-bond donors (Lipinski definition) is 1. The zero-order valence-corrected chi connectivity index (χ0v) is 29.0. The number of amides is 1. The minimum atomic E-state index is -4.07. The SMILES string of the molecule is COCC1CCN(c2cc(C(=O)NS(=O)(=O)N3CCC(N4CCC[C@@H]4COC)CC3)nc3c2c(C2CCC2)nn3-c2ccccc2)CC1. The van der Waals surface area contributed by atoms with Crippen LogP contribution in [0.1, 0.15) is 79.9 Å². The highest BCUT2D eigenvalue weighted by Gasteiger charge is 2.37. The normalized spacial score (nSPS) is 22.4. The monoisotopic (exact) mass is 679 g/mol. The first-order valence-electron chi connectivity index (χ1n) is 17.7. The van der Waals surface area contributed by atoms with Crippen LogP contribution in [0.25, 0.3) is 16.7 Å². The van der Waals surface area contributed by atoms with Crippen LogP contribution < -0.4 is 9.62 Å². The molecule has 7 rings (SSSR count). The molecule has 4 fully saturated rings. The summed E-state index contributed by atoms with van der Waals surface area (Å²) < 4.78 is 43.8. The number of carbonyl (C=O) groups excluding carboxylic acids is 1. The lowest BCUT2D eigenvalue weighted by Crippen LogP contribution is -2.52. The highest BCUT2D eigenvalue weighted by atomic mass is 32.2. The Morgan fingerprint density at radius 2 is 1.62 bits per heavy atom. The fourth-order valence-electron chi connectivity index (χ4n) is 8.14.